The minimum absolute atomic E-state index is 0.598. The van der Waals surface area contributed by atoms with Gasteiger partial charge in [0.1, 0.15) is 11.0 Å². The zero-order valence-corrected chi connectivity index (χ0v) is 12.3. The van der Waals surface area contributed by atoms with E-state index < -0.39 is 0 Å². The van der Waals surface area contributed by atoms with Crippen molar-refractivity contribution >= 4 is 33.3 Å². The first-order chi connectivity index (χ1) is 10.7. The van der Waals surface area contributed by atoms with Gasteiger partial charge in [-0.2, -0.15) is 0 Å². The molecule has 0 aliphatic carbocycles. The highest BCUT2D eigenvalue weighted by Crippen LogP contribution is 2.29. The maximum Gasteiger partial charge on any atom is 0.223 e. The van der Waals surface area contributed by atoms with Crippen LogP contribution >= 0.6 is 0 Å². The second-order valence-electron chi connectivity index (χ2n) is 5.22. The van der Waals surface area contributed by atoms with Crippen LogP contribution in [0.25, 0.3) is 33.3 Å². The first kappa shape index (κ1) is 12.8. The van der Waals surface area contributed by atoms with Gasteiger partial charge in [-0.05, 0) is 38.1 Å². The van der Waals surface area contributed by atoms with Crippen molar-refractivity contribution in [1.29, 1.82) is 0 Å². The predicted molar refractivity (Wildman–Crippen MR) is 86.2 cm³/mol. The van der Waals surface area contributed by atoms with E-state index in [2.05, 4.69) is 9.97 Å². The van der Waals surface area contributed by atoms with Gasteiger partial charge in [0.05, 0.1) is 0 Å². The molecular weight excluding hydrogens is 276 g/mol. The Morgan fingerprint density at radius 3 is 1.50 bits per heavy atom. The van der Waals surface area contributed by atoms with Crippen molar-refractivity contribution in [2.24, 2.45) is 0 Å². The van der Waals surface area contributed by atoms with E-state index in [1.165, 1.54) is 0 Å². The molecule has 0 N–H and O–H groups in total. The summed E-state index contributed by atoms with van der Waals surface area (Å²) in [5.74, 6) is 1.20. The van der Waals surface area contributed by atoms with Crippen molar-refractivity contribution in [3.05, 3.63) is 60.3 Å². The third kappa shape index (κ3) is 2.00. The van der Waals surface area contributed by atoms with Gasteiger partial charge in [0.2, 0.25) is 11.8 Å². The molecule has 22 heavy (non-hydrogen) atoms. The molecule has 2 aromatic heterocycles. The Bertz CT molecular complexity index is 860. The van der Waals surface area contributed by atoms with E-state index in [0.717, 1.165) is 33.3 Å². The molecule has 2 aromatic carbocycles. The Labute approximate surface area is 127 Å². The number of oxazole rings is 2. The number of allylic oxidation sites excluding steroid dienone is 2. The number of benzene rings is 2. The van der Waals surface area contributed by atoms with Crippen LogP contribution in [0.1, 0.15) is 25.6 Å². The van der Waals surface area contributed by atoms with Gasteiger partial charge in [0, 0.05) is 11.1 Å². The van der Waals surface area contributed by atoms with Crippen LogP contribution in [-0.2, 0) is 0 Å². The van der Waals surface area contributed by atoms with Crippen LogP contribution in [0.15, 0.2) is 57.4 Å². The lowest BCUT2D eigenvalue weighted by atomic mass is 10.1. The highest BCUT2D eigenvalue weighted by molar-refractivity contribution is 5.87. The zero-order chi connectivity index (χ0) is 15.1. The van der Waals surface area contributed by atoms with E-state index in [4.69, 9.17) is 8.83 Å². The van der Waals surface area contributed by atoms with Crippen LogP contribution < -0.4 is 0 Å². The first-order valence-corrected chi connectivity index (χ1v) is 7.12. The van der Waals surface area contributed by atoms with Crippen molar-refractivity contribution in [2.75, 3.05) is 0 Å². The third-order valence-electron chi connectivity index (χ3n) is 3.79. The van der Waals surface area contributed by atoms with E-state index in [-0.39, 0.29) is 0 Å². The third-order valence-corrected chi connectivity index (χ3v) is 3.79. The average Bonchev–Trinajstić information content (AvgIpc) is 3.16. The summed E-state index contributed by atoms with van der Waals surface area (Å²) in [6.45, 7) is 3.93. The van der Waals surface area contributed by atoms with Crippen LogP contribution in [-0.4, -0.2) is 9.97 Å². The van der Waals surface area contributed by atoms with Crippen LogP contribution in [0.3, 0.4) is 0 Å². The van der Waals surface area contributed by atoms with E-state index in [0.29, 0.717) is 11.8 Å². The molecule has 4 heteroatoms. The molecule has 0 saturated heterocycles. The maximum absolute atomic E-state index is 5.81. The molecule has 4 nitrogen and oxygen atoms in total. The van der Waals surface area contributed by atoms with Crippen LogP contribution in [0.5, 0.6) is 0 Å². The summed E-state index contributed by atoms with van der Waals surface area (Å²) in [6, 6.07) is 15.5. The summed E-state index contributed by atoms with van der Waals surface area (Å²) in [6.07, 6.45) is 0. The molecule has 0 aliphatic heterocycles. The Morgan fingerprint density at radius 2 is 1.09 bits per heavy atom. The minimum Gasteiger partial charge on any atom is -0.436 e. The fraction of sp³-hybridized carbons (Fsp3) is 0.111. The Hall–Kier alpha value is -2.88. The van der Waals surface area contributed by atoms with Gasteiger partial charge < -0.3 is 8.83 Å². The Kier molecular flexibility index (Phi) is 2.82. The van der Waals surface area contributed by atoms with Gasteiger partial charge in [-0.15, -0.1) is 0 Å². The topological polar surface area (TPSA) is 52.1 Å². The van der Waals surface area contributed by atoms with Crippen LogP contribution in [0.2, 0.25) is 0 Å². The molecule has 108 valence electrons. The normalized spacial score (nSPS) is 12.8. The number of fused-ring (bicyclic) bond motifs is 2. The summed E-state index contributed by atoms with van der Waals surface area (Å²) in [5.41, 5.74) is 5.10. The van der Waals surface area contributed by atoms with Gasteiger partial charge in [0.25, 0.3) is 0 Å². The smallest absolute Gasteiger partial charge is 0.223 e. The van der Waals surface area contributed by atoms with Crippen molar-refractivity contribution in [3.63, 3.8) is 0 Å². The number of rotatable bonds is 2. The van der Waals surface area contributed by atoms with Crippen molar-refractivity contribution in [2.45, 2.75) is 13.8 Å². The standard InChI is InChI=1S/C18H14N2O2/c1-11(17-19-13-7-3-5-9-15(13)21-17)12(2)18-20-14-8-4-6-10-16(14)22-18/h3-10H,1-2H3/b12-11+. The van der Waals surface area contributed by atoms with Gasteiger partial charge in [0.15, 0.2) is 11.2 Å². The molecule has 0 atom stereocenters. The molecule has 4 rings (SSSR count). The Balaban J connectivity index is 1.84. The molecule has 0 unspecified atom stereocenters. The minimum atomic E-state index is 0.598. The van der Waals surface area contributed by atoms with E-state index in [1.54, 1.807) is 0 Å². The molecule has 0 amide bonds. The lowest BCUT2D eigenvalue weighted by Gasteiger charge is -1.99. The summed E-state index contributed by atoms with van der Waals surface area (Å²) in [4.78, 5) is 9.04. The predicted octanol–water partition coefficient (Wildman–Crippen LogP) is 4.92. The maximum atomic E-state index is 5.81. The Morgan fingerprint density at radius 1 is 0.682 bits per heavy atom. The van der Waals surface area contributed by atoms with Gasteiger partial charge in [-0.3, -0.25) is 0 Å². The van der Waals surface area contributed by atoms with E-state index in [1.807, 2.05) is 62.4 Å². The molecule has 0 fully saturated rings. The molecule has 0 bridgehead atoms. The van der Waals surface area contributed by atoms with Crippen molar-refractivity contribution in [3.8, 4) is 0 Å². The highest BCUT2D eigenvalue weighted by atomic mass is 16.4. The highest BCUT2D eigenvalue weighted by Gasteiger charge is 2.14. The van der Waals surface area contributed by atoms with Gasteiger partial charge >= 0.3 is 0 Å². The second-order valence-corrected chi connectivity index (χ2v) is 5.22. The molecule has 2 heterocycles. The first-order valence-electron chi connectivity index (χ1n) is 7.12. The molecule has 0 aliphatic rings. The molecule has 4 aromatic rings. The largest absolute Gasteiger partial charge is 0.436 e. The lowest BCUT2D eigenvalue weighted by molar-refractivity contribution is 0.576. The lowest BCUT2D eigenvalue weighted by Crippen LogP contribution is -1.86. The number of aromatic nitrogens is 2. The van der Waals surface area contributed by atoms with Gasteiger partial charge in [-0.1, -0.05) is 24.3 Å². The van der Waals surface area contributed by atoms with Gasteiger partial charge in [-0.25, -0.2) is 9.97 Å². The molecule has 0 spiro atoms. The molecular formula is C18H14N2O2. The fourth-order valence-corrected chi connectivity index (χ4v) is 2.39. The monoisotopic (exact) mass is 290 g/mol. The quantitative estimate of drug-likeness (QED) is 0.526. The number of hydrogen-bond acceptors (Lipinski definition) is 4. The van der Waals surface area contributed by atoms with Crippen molar-refractivity contribution < 1.29 is 8.83 Å². The van der Waals surface area contributed by atoms with Crippen molar-refractivity contribution in [1.82, 2.24) is 9.97 Å². The summed E-state index contributed by atoms with van der Waals surface area (Å²) < 4.78 is 11.6. The van der Waals surface area contributed by atoms with Crippen LogP contribution in [0.4, 0.5) is 0 Å². The number of hydrogen-bond donors (Lipinski definition) is 0. The average molecular weight is 290 g/mol. The SMILES string of the molecule is C/C(=C(/C)c1nc2ccccc2o1)c1nc2ccccc2o1. The summed E-state index contributed by atoms with van der Waals surface area (Å²) >= 11 is 0. The fourth-order valence-electron chi connectivity index (χ4n) is 2.39. The zero-order valence-electron chi connectivity index (χ0n) is 12.3. The second kappa shape index (κ2) is 4.84. The van der Waals surface area contributed by atoms with E-state index in [9.17, 15) is 0 Å². The molecule has 0 saturated carbocycles. The van der Waals surface area contributed by atoms with E-state index >= 15 is 0 Å². The van der Waals surface area contributed by atoms with Crippen LogP contribution in [0, 0.1) is 0 Å². The summed E-state index contributed by atoms with van der Waals surface area (Å²) in [5, 5.41) is 0. The number of para-hydroxylation sites is 4. The number of nitrogens with zero attached hydrogens (tertiary/aromatic N) is 2. The summed E-state index contributed by atoms with van der Waals surface area (Å²) in [7, 11) is 0. The molecule has 0 radical (unpaired) electrons.